The summed E-state index contributed by atoms with van der Waals surface area (Å²) < 4.78 is 7.40. The molecule has 0 saturated carbocycles. The minimum Gasteiger partial charge on any atom is -0.378 e. The molecule has 0 N–H and O–H groups in total. The van der Waals surface area contributed by atoms with Crippen LogP contribution in [0, 0.1) is 6.92 Å². The summed E-state index contributed by atoms with van der Waals surface area (Å²) in [7, 11) is 1.98. The molecule has 0 radical (unpaired) electrons. The van der Waals surface area contributed by atoms with E-state index >= 15 is 0 Å². The number of fused-ring (bicyclic) bond motifs is 1. The summed E-state index contributed by atoms with van der Waals surface area (Å²) >= 11 is 1.68. The van der Waals surface area contributed by atoms with Gasteiger partial charge in [0.2, 0.25) is 5.91 Å². The maximum absolute atomic E-state index is 13.2. The molecule has 1 saturated heterocycles. The van der Waals surface area contributed by atoms with Crippen LogP contribution >= 0.6 is 11.3 Å². The number of hydrogen-bond acceptors (Lipinski definition) is 6. The van der Waals surface area contributed by atoms with E-state index in [1.165, 1.54) is 4.88 Å². The highest BCUT2D eigenvalue weighted by Gasteiger charge is 2.36. The lowest BCUT2D eigenvalue weighted by molar-refractivity contribution is -0.138. The standard InChI is InChI=1S/C17H23N5O2S/c1-12-15(25-11-19-12)9-21-7-13(16-14(8-21)18-10-20(16)2)17(23)22-3-5-24-6-4-22/h10-11,13H,3-9H2,1-2H3. The minimum absolute atomic E-state index is 0.164. The predicted molar refractivity (Wildman–Crippen MR) is 94.3 cm³/mol. The van der Waals surface area contributed by atoms with Gasteiger partial charge in [0, 0.05) is 44.6 Å². The van der Waals surface area contributed by atoms with Crippen LogP contribution < -0.4 is 0 Å². The molecule has 7 nitrogen and oxygen atoms in total. The van der Waals surface area contributed by atoms with Crippen LogP contribution in [0.3, 0.4) is 0 Å². The number of nitrogens with zero attached hydrogens (tertiary/aromatic N) is 5. The molecule has 2 aliphatic rings. The van der Waals surface area contributed by atoms with Crippen molar-refractivity contribution in [3.8, 4) is 0 Å². The molecule has 0 aliphatic carbocycles. The molecule has 2 aromatic heterocycles. The Balaban J connectivity index is 1.59. The van der Waals surface area contributed by atoms with Crippen LogP contribution in [0.25, 0.3) is 0 Å². The summed E-state index contributed by atoms with van der Waals surface area (Å²) in [6.07, 6.45) is 1.83. The Morgan fingerprint density at radius 3 is 2.88 bits per heavy atom. The van der Waals surface area contributed by atoms with Crippen LogP contribution in [-0.2, 0) is 29.7 Å². The van der Waals surface area contributed by atoms with Gasteiger partial charge in [-0.2, -0.15) is 0 Å². The SMILES string of the molecule is Cc1ncsc1CN1Cc2ncn(C)c2C(C(=O)N2CCOCC2)C1. The molecule has 2 aromatic rings. The Morgan fingerprint density at radius 2 is 2.16 bits per heavy atom. The van der Waals surface area contributed by atoms with E-state index in [0.717, 1.165) is 36.7 Å². The van der Waals surface area contributed by atoms with Gasteiger partial charge in [-0.05, 0) is 6.92 Å². The molecule has 8 heteroatoms. The average Bonchev–Trinajstić information content (AvgIpc) is 3.21. The van der Waals surface area contributed by atoms with Crippen molar-refractivity contribution >= 4 is 17.2 Å². The largest absolute Gasteiger partial charge is 0.378 e. The Labute approximate surface area is 151 Å². The Morgan fingerprint density at radius 1 is 1.36 bits per heavy atom. The zero-order valence-corrected chi connectivity index (χ0v) is 15.5. The van der Waals surface area contributed by atoms with E-state index in [9.17, 15) is 4.79 Å². The van der Waals surface area contributed by atoms with E-state index < -0.39 is 0 Å². The Kier molecular flexibility index (Phi) is 4.58. The molecule has 2 aliphatic heterocycles. The molecule has 0 spiro atoms. The molecule has 25 heavy (non-hydrogen) atoms. The molecule has 4 rings (SSSR count). The number of carbonyl (C=O) groups excluding carboxylic acids is 1. The lowest BCUT2D eigenvalue weighted by Gasteiger charge is -2.36. The molecular formula is C17H23N5O2S. The van der Waals surface area contributed by atoms with Crippen molar-refractivity contribution in [2.24, 2.45) is 7.05 Å². The van der Waals surface area contributed by atoms with Gasteiger partial charge in [-0.15, -0.1) is 11.3 Å². The number of thiazole rings is 1. The molecule has 4 heterocycles. The molecule has 1 amide bonds. The van der Waals surface area contributed by atoms with Crippen LogP contribution in [0.4, 0.5) is 0 Å². The number of amides is 1. The average molecular weight is 361 g/mol. The van der Waals surface area contributed by atoms with Gasteiger partial charge >= 0.3 is 0 Å². The Hall–Kier alpha value is -1.77. The molecule has 134 valence electrons. The van der Waals surface area contributed by atoms with Crippen molar-refractivity contribution in [2.45, 2.75) is 25.9 Å². The molecule has 0 aromatic carbocycles. The van der Waals surface area contributed by atoms with Crippen LogP contribution in [-0.4, -0.2) is 63.1 Å². The first-order valence-corrected chi connectivity index (χ1v) is 9.49. The smallest absolute Gasteiger partial charge is 0.233 e. The van der Waals surface area contributed by atoms with Gasteiger partial charge in [0.15, 0.2) is 0 Å². The molecule has 1 atom stereocenters. The number of aromatic nitrogens is 3. The van der Waals surface area contributed by atoms with E-state index in [1.807, 2.05) is 35.3 Å². The van der Waals surface area contributed by atoms with Gasteiger partial charge in [0.1, 0.15) is 0 Å². The van der Waals surface area contributed by atoms with E-state index in [-0.39, 0.29) is 11.8 Å². The van der Waals surface area contributed by atoms with Crippen molar-refractivity contribution in [3.63, 3.8) is 0 Å². The molecule has 1 fully saturated rings. The fourth-order valence-electron chi connectivity index (χ4n) is 3.68. The summed E-state index contributed by atoms with van der Waals surface area (Å²) in [5, 5.41) is 0. The van der Waals surface area contributed by atoms with Gasteiger partial charge in [0.05, 0.1) is 48.1 Å². The fraction of sp³-hybridized carbons (Fsp3) is 0.588. The topological polar surface area (TPSA) is 63.5 Å². The maximum Gasteiger partial charge on any atom is 0.233 e. The second-order valence-corrected chi connectivity index (χ2v) is 7.65. The lowest BCUT2D eigenvalue weighted by Crippen LogP contribution is -2.47. The highest BCUT2D eigenvalue weighted by Crippen LogP contribution is 2.31. The third-order valence-corrected chi connectivity index (χ3v) is 5.96. The fourth-order valence-corrected chi connectivity index (χ4v) is 4.50. The molecule has 1 unspecified atom stereocenters. The Bertz CT molecular complexity index is 765. The van der Waals surface area contributed by atoms with Crippen molar-refractivity contribution in [2.75, 3.05) is 32.8 Å². The van der Waals surface area contributed by atoms with Crippen LogP contribution in [0.1, 0.15) is 27.9 Å². The normalized spacial score (nSPS) is 21.4. The van der Waals surface area contributed by atoms with Gasteiger partial charge in [-0.25, -0.2) is 9.97 Å². The third-order valence-electron chi connectivity index (χ3n) is 5.04. The quantitative estimate of drug-likeness (QED) is 0.820. The minimum atomic E-state index is -0.164. The first kappa shape index (κ1) is 16.7. The summed E-state index contributed by atoms with van der Waals surface area (Å²) in [6, 6.07) is 0. The predicted octanol–water partition coefficient (Wildman–Crippen LogP) is 1.14. The number of ether oxygens (including phenoxy) is 1. The summed E-state index contributed by atoms with van der Waals surface area (Å²) in [4.78, 5) is 27.6. The number of hydrogen-bond donors (Lipinski definition) is 0. The monoisotopic (exact) mass is 361 g/mol. The third kappa shape index (κ3) is 3.21. The van der Waals surface area contributed by atoms with Crippen LogP contribution in [0.2, 0.25) is 0 Å². The van der Waals surface area contributed by atoms with E-state index in [2.05, 4.69) is 14.9 Å². The van der Waals surface area contributed by atoms with Crippen molar-refractivity contribution < 1.29 is 9.53 Å². The van der Waals surface area contributed by atoms with Crippen molar-refractivity contribution in [1.29, 1.82) is 0 Å². The summed E-state index contributed by atoms with van der Waals surface area (Å²) in [5.41, 5.74) is 5.04. The second-order valence-electron chi connectivity index (χ2n) is 6.71. The second kappa shape index (κ2) is 6.86. The van der Waals surface area contributed by atoms with Gasteiger partial charge in [0.25, 0.3) is 0 Å². The van der Waals surface area contributed by atoms with Gasteiger partial charge < -0.3 is 14.2 Å². The van der Waals surface area contributed by atoms with Gasteiger partial charge in [-0.3, -0.25) is 9.69 Å². The number of rotatable bonds is 3. The molecular weight excluding hydrogens is 338 g/mol. The first-order valence-electron chi connectivity index (χ1n) is 8.61. The zero-order valence-electron chi connectivity index (χ0n) is 14.6. The summed E-state index contributed by atoms with van der Waals surface area (Å²) in [6.45, 7) is 6.96. The van der Waals surface area contributed by atoms with E-state index in [0.29, 0.717) is 26.3 Å². The molecule has 0 bridgehead atoms. The highest BCUT2D eigenvalue weighted by molar-refractivity contribution is 7.09. The number of morpholine rings is 1. The van der Waals surface area contributed by atoms with Crippen LogP contribution in [0.15, 0.2) is 11.8 Å². The van der Waals surface area contributed by atoms with E-state index in [1.54, 1.807) is 11.3 Å². The van der Waals surface area contributed by atoms with Crippen molar-refractivity contribution in [3.05, 3.63) is 33.8 Å². The lowest BCUT2D eigenvalue weighted by atomic mass is 9.96. The van der Waals surface area contributed by atoms with E-state index in [4.69, 9.17) is 4.74 Å². The number of aryl methyl sites for hydroxylation is 2. The number of carbonyl (C=O) groups is 1. The highest BCUT2D eigenvalue weighted by atomic mass is 32.1. The zero-order chi connectivity index (χ0) is 17.4. The summed E-state index contributed by atoms with van der Waals surface area (Å²) in [5.74, 6) is 0.0291. The van der Waals surface area contributed by atoms with Crippen molar-refractivity contribution in [1.82, 2.24) is 24.3 Å². The maximum atomic E-state index is 13.2. The van der Waals surface area contributed by atoms with Gasteiger partial charge in [-0.1, -0.05) is 0 Å². The number of imidazole rings is 1. The first-order chi connectivity index (χ1) is 12.1. The van der Waals surface area contributed by atoms with Crippen LogP contribution in [0.5, 0.6) is 0 Å².